The van der Waals surface area contributed by atoms with Crippen LogP contribution in [0.25, 0.3) is 11.1 Å². The second-order valence-corrected chi connectivity index (χ2v) is 10.9. The van der Waals surface area contributed by atoms with Crippen LogP contribution in [-0.4, -0.2) is 48.6 Å². The number of nitrogens with zero attached hydrogens (tertiary/aromatic N) is 3. The number of hydrogen-bond acceptors (Lipinski definition) is 10. The van der Waals surface area contributed by atoms with Gasteiger partial charge in [0.15, 0.2) is 11.5 Å². The van der Waals surface area contributed by atoms with E-state index in [4.69, 9.17) is 18.9 Å². The molecule has 0 spiro atoms. The number of methoxy groups -OCH3 is 2. The molecule has 12 nitrogen and oxygen atoms in total. The molecule has 12 heteroatoms. The number of aromatic nitrogens is 1. The van der Waals surface area contributed by atoms with Crippen molar-refractivity contribution in [3.05, 3.63) is 93.8 Å². The zero-order valence-corrected chi connectivity index (χ0v) is 25.7. The van der Waals surface area contributed by atoms with Gasteiger partial charge < -0.3 is 29.2 Å². The molecule has 1 aliphatic rings. The third-order valence-electron chi connectivity index (χ3n) is 7.54. The van der Waals surface area contributed by atoms with Crippen molar-refractivity contribution >= 4 is 28.9 Å². The van der Waals surface area contributed by atoms with Crippen LogP contribution in [0.2, 0.25) is 0 Å². The molecule has 232 valence electrons. The second-order valence-electron chi connectivity index (χ2n) is 10.9. The number of nitro groups is 1. The summed E-state index contributed by atoms with van der Waals surface area (Å²) in [6.07, 6.45) is 1.60. The van der Waals surface area contributed by atoms with Crippen LogP contribution >= 0.6 is 0 Å². The van der Waals surface area contributed by atoms with Crippen LogP contribution < -0.4 is 29.2 Å². The number of esters is 1. The first-order valence-corrected chi connectivity index (χ1v) is 13.9. The van der Waals surface area contributed by atoms with Gasteiger partial charge in [-0.1, -0.05) is 6.07 Å². The average molecular weight is 613 g/mol. The third kappa shape index (κ3) is 5.94. The number of anilines is 2. The van der Waals surface area contributed by atoms with Gasteiger partial charge in [0.2, 0.25) is 0 Å². The lowest BCUT2D eigenvalue weighted by atomic mass is 9.91. The molecule has 0 fully saturated rings. The molecule has 0 bridgehead atoms. The van der Waals surface area contributed by atoms with Gasteiger partial charge in [0.25, 0.3) is 11.6 Å². The number of benzene rings is 3. The number of carbonyl (C=O) groups is 2. The van der Waals surface area contributed by atoms with Gasteiger partial charge in [0.1, 0.15) is 23.6 Å². The van der Waals surface area contributed by atoms with Crippen LogP contribution in [0.1, 0.15) is 35.5 Å². The Labute approximate surface area is 259 Å². The number of pyridine rings is 1. The highest BCUT2D eigenvalue weighted by molar-refractivity contribution is 6.08. The van der Waals surface area contributed by atoms with E-state index in [0.717, 1.165) is 0 Å². The van der Waals surface area contributed by atoms with Crippen LogP contribution in [0, 0.1) is 17.0 Å². The number of rotatable bonds is 9. The van der Waals surface area contributed by atoms with E-state index in [1.165, 1.54) is 32.4 Å². The van der Waals surface area contributed by atoms with Gasteiger partial charge in [-0.2, -0.15) is 0 Å². The van der Waals surface area contributed by atoms with Gasteiger partial charge in [0.05, 0.1) is 47.8 Å². The Morgan fingerprint density at radius 3 is 2.42 bits per heavy atom. The molecule has 0 radical (unpaired) electrons. The van der Waals surface area contributed by atoms with E-state index in [0.29, 0.717) is 50.8 Å². The fourth-order valence-corrected chi connectivity index (χ4v) is 5.29. The van der Waals surface area contributed by atoms with E-state index < -0.39 is 16.4 Å². The summed E-state index contributed by atoms with van der Waals surface area (Å²) in [4.78, 5) is 42.9. The molecule has 0 saturated heterocycles. The number of amides is 1. The molecule has 1 amide bonds. The Morgan fingerprint density at radius 2 is 1.73 bits per heavy atom. The van der Waals surface area contributed by atoms with Crippen molar-refractivity contribution < 1.29 is 33.5 Å². The lowest BCUT2D eigenvalue weighted by Crippen LogP contribution is -2.52. The first-order valence-electron chi connectivity index (χ1n) is 13.9. The van der Waals surface area contributed by atoms with E-state index in [9.17, 15) is 19.7 Å². The minimum Gasteiger partial charge on any atom is -0.496 e. The van der Waals surface area contributed by atoms with Crippen LogP contribution in [0.15, 0.2) is 66.9 Å². The monoisotopic (exact) mass is 612 g/mol. The van der Waals surface area contributed by atoms with E-state index in [1.807, 2.05) is 12.1 Å². The molecule has 1 N–H and O–H groups in total. The number of ether oxygens (including phenoxy) is 4. The molecule has 2 heterocycles. The van der Waals surface area contributed by atoms with Gasteiger partial charge >= 0.3 is 5.97 Å². The maximum Gasteiger partial charge on any atom is 0.345 e. The Kier molecular flexibility index (Phi) is 8.32. The molecule has 1 aromatic heterocycles. The smallest absolute Gasteiger partial charge is 0.345 e. The molecule has 5 rings (SSSR count). The average Bonchev–Trinajstić information content (AvgIpc) is 3.02. The van der Waals surface area contributed by atoms with Gasteiger partial charge in [0, 0.05) is 36.5 Å². The van der Waals surface area contributed by atoms with Crippen molar-refractivity contribution in [3.63, 3.8) is 0 Å². The SMILES string of the molecule is COc1ccc([N+](=O)[O-])cc1OCc1c(-c2ccc(OC(=O)c3cccnc3C)cc2OC)ccc2c1N(C)C(=O)C(C)(C)N2. The maximum absolute atomic E-state index is 13.4. The van der Waals surface area contributed by atoms with E-state index >= 15 is 0 Å². The molecule has 0 aliphatic carbocycles. The quantitative estimate of drug-likeness (QED) is 0.104. The molecule has 1 aliphatic heterocycles. The Bertz CT molecular complexity index is 1820. The summed E-state index contributed by atoms with van der Waals surface area (Å²) in [7, 11) is 4.63. The van der Waals surface area contributed by atoms with Crippen molar-refractivity contribution in [2.75, 3.05) is 31.5 Å². The molecule has 45 heavy (non-hydrogen) atoms. The van der Waals surface area contributed by atoms with Crippen molar-refractivity contribution in [3.8, 4) is 34.1 Å². The number of likely N-dealkylation sites (N-methyl/N-ethyl adjacent to an activating group) is 1. The minimum absolute atomic E-state index is 0.0874. The minimum atomic E-state index is -0.861. The van der Waals surface area contributed by atoms with Crippen LogP contribution in [0.5, 0.6) is 23.0 Å². The summed E-state index contributed by atoms with van der Waals surface area (Å²) >= 11 is 0. The Morgan fingerprint density at radius 1 is 1.00 bits per heavy atom. The number of carbonyl (C=O) groups excluding carboxylic acids is 2. The Hall–Kier alpha value is -5.65. The molecular formula is C33H32N4O8. The molecule has 0 atom stereocenters. The second kappa shape index (κ2) is 12.2. The maximum atomic E-state index is 13.4. The predicted octanol–water partition coefficient (Wildman–Crippen LogP) is 5.95. The lowest BCUT2D eigenvalue weighted by molar-refractivity contribution is -0.385. The van der Waals surface area contributed by atoms with Gasteiger partial charge in [-0.3, -0.25) is 19.9 Å². The summed E-state index contributed by atoms with van der Waals surface area (Å²) in [5, 5.41) is 14.8. The number of nitro benzene ring substituents is 1. The third-order valence-corrected chi connectivity index (χ3v) is 7.54. The molecule has 3 aromatic carbocycles. The summed E-state index contributed by atoms with van der Waals surface area (Å²) in [5.41, 5.74) is 3.04. The summed E-state index contributed by atoms with van der Waals surface area (Å²) in [6, 6.07) is 16.1. The summed E-state index contributed by atoms with van der Waals surface area (Å²) in [6.45, 7) is 5.22. The number of nitrogens with one attached hydrogen (secondary N) is 1. The van der Waals surface area contributed by atoms with E-state index in [-0.39, 0.29) is 29.7 Å². The highest BCUT2D eigenvalue weighted by atomic mass is 16.6. The van der Waals surface area contributed by atoms with E-state index in [2.05, 4.69) is 10.3 Å². The first-order chi connectivity index (χ1) is 21.4. The van der Waals surface area contributed by atoms with Crippen LogP contribution in [0.4, 0.5) is 17.1 Å². The van der Waals surface area contributed by atoms with Crippen molar-refractivity contribution in [2.45, 2.75) is 32.9 Å². The lowest BCUT2D eigenvalue weighted by Gasteiger charge is -2.39. The van der Waals surface area contributed by atoms with Crippen molar-refractivity contribution in [1.82, 2.24) is 4.98 Å². The van der Waals surface area contributed by atoms with Crippen molar-refractivity contribution in [2.24, 2.45) is 0 Å². The van der Waals surface area contributed by atoms with E-state index in [1.54, 1.807) is 69.2 Å². The van der Waals surface area contributed by atoms with Crippen LogP contribution in [-0.2, 0) is 11.4 Å². The van der Waals surface area contributed by atoms with Gasteiger partial charge in [-0.25, -0.2) is 4.79 Å². The standard InChI is InChI=1S/C33H32N4O8/c1-19-22(8-7-15-34-19)31(38)45-21-10-11-24(28(17-21)43-6)23-12-13-26-30(36(4)32(39)33(2,3)35-26)25(23)18-44-29-16-20(37(40)41)9-14-27(29)42-5/h7-17,35H,18H2,1-6H3. The predicted molar refractivity (Wildman–Crippen MR) is 167 cm³/mol. The van der Waals surface area contributed by atoms with Crippen LogP contribution in [0.3, 0.4) is 0 Å². The number of aryl methyl sites for hydroxylation is 1. The van der Waals surface area contributed by atoms with Gasteiger partial charge in [-0.05, 0) is 62.7 Å². The zero-order chi connectivity index (χ0) is 32.5. The van der Waals surface area contributed by atoms with Gasteiger partial charge in [-0.15, -0.1) is 0 Å². The number of hydrogen-bond donors (Lipinski definition) is 1. The zero-order valence-electron chi connectivity index (χ0n) is 25.7. The topological polar surface area (TPSA) is 142 Å². The molecular weight excluding hydrogens is 580 g/mol. The van der Waals surface area contributed by atoms with Crippen molar-refractivity contribution in [1.29, 1.82) is 0 Å². The Balaban J connectivity index is 1.59. The fourth-order valence-electron chi connectivity index (χ4n) is 5.29. The molecule has 4 aromatic rings. The number of fused-ring (bicyclic) bond motifs is 1. The first kappa shape index (κ1) is 30.8. The molecule has 0 saturated carbocycles. The summed E-state index contributed by atoms with van der Waals surface area (Å²) < 4.78 is 22.9. The summed E-state index contributed by atoms with van der Waals surface area (Å²) in [5.74, 6) is 0.405. The number of non-ortho nitro benzene ring substituents is 1. The highest BCUT2D eigenvalue weighted by Gasteiger charge is 2.39. The normalized spacial score (nSPS) is 13.4. The molecule has 0 unspecified atom stereocenters. The largest absolute Gasteiger partial charge is 0.496 e. The highest BCUT2D eigenvalue weighted by Crippen LogP contribution is 2.45. The fraction of sp³-hybridized carbons (Fsp3) is 0.242.